The molecule has 2 heterocycles. The number of anilines is 1. The highest BCUT2D eigenvalue weighted by Gasteiger charge is 2.14. The number of rotatable bonds is 5. The summed E-state index contributed by atoms with van der Waals surface area (Å²) in [5.41, 5.74) is 2.00. The Morgan fingerprint density at radius 2 is 1.66 bits per heavy atom. The fraction of sp³-hybridized carbons (Fsp3) is 0.0455. The number of amides is 1. The van der Waals surface area contributed by atoms with Crippen LogP contribution in [0.5, 0.6) is 0 Å². The standard InChI is InChI=1S/C22H15Cl2NO4/c23-14-3-1-13(2-4-14)19-9-10-21(29-19)22(27)25-15-5-7-17(18(24)11-15)20-8-6-16(12-26)28-20/h1-11,26H,12H2,(H,25,27). The van der Waals surface area contributed by atoms with Crippen LogP contribution < -0.4 is 5.32 Å². The molecule has 0 aliphatic heterocycles. The van der Waals surface area contributed by atoms with Crippen LogP contribution in [0.25, 0.3) is 22.6 Å². The van der Waals surface area contributed by atoms with Gasteiger partial charge in [0.25, 0.3) is 5.91 Å². The van der Waals surface area contributed by atoms with Crippen molar-refractivity contribution < 1.29 is 18.7 Å². The van der Waals surface area contributed by atoms with Gasteiger partial charge in [-0.3, -0.25) is 4.79 Å². The van der Waals surface area contributed by atoms with Gasteiger partial charge in [-0.25, -0.2) is 0 Å². The van der Waals surface area contributed by atoms with Crippen molar-refractivity contribution in [2.75, 3.05) is 5.32 Å². The maximum Gasteiger partial charge on any atom is 0.291 e. The third-order valence-corrected chi connectivity index (χ3v) is 4.83. The van der Waals surface area contributed by atoms with Gasteiger partial charge in [-0.15, -0.1) is 0 Å². The van der Waals surface area contributed by atoms with Gasteiger partial charge < -0.3 is 19.3 Å². The molecule has 0 saturated heterocycles. The van der Waals surface area contributed by atoms with Crippen LogP contribution in [0.1, 0.15) is 16.3 Å². The first-order chi connectivity index (χ1) is 14.0. The predicted octanol–water partition coefficient (Wildman–Crippen LogP) is 6.26. The topological polar surface area (TPSA) is 75.6 Å². The van der Waals surface area contributed by atoms with Crippen molar-refractivity contribution in [1.82, 2.24) is 0 Å². The SMILES string of the molecule is O=C(Nc1ccc(-c2ccc(CO)o2)c(Cl)c1)c1ccc(-c2ccc(Cl)cc2)o1. The van der Waals surface area contributed by atoms with Gasteiger partial charge in [0.1, 0.15) is 23.9 Å². The Morgan fingerprint density at radius 1 is 0.897 bits per heavy atom. The van der Waals surface area contributed by atoms with Gasteiger partial charge in [0.05, 0.1) is 5.02 Å². The van der Waals surface area contributed by atoms with Gasteiger partial charge >= 0.3 is 0 Å². The van der Waals surface area contributed by atoms with Crippen LogP contribution in [0, 0.1) is 0 Å². The van der Waals surface area contributed by atoms with E-state index in [-0.39, 0.29) is 12.4 Å². The zero-order chi connectivity index (χ0) is 20.4. The summed E-state index contributed by atoms with van der Waals surface area (Å²) in [7, 11) is 0. The number of aliphatic hydroxyl groups is 1. The maximum atomic E-state index is 12.5. The third-order valence-electron chi connectivity index (χ3n) is 4.27. The van der Waals surface area contributed by atoms with Crippen molar-refractivity contribution in [2.24, 2.45) is 0 Å². The predicted molar refractivity (Wildman–Crippen MR) is 112 cm³/mol. The van der Waals surface area contributed by atoms with Crippen molar-refractivity contribution in [3.8, 4) is 22.6 Å². The molecule has 0 bridgehead atoms. The highest BCUT2D eigenvalue weighted by molar-refractivity contribution is 6.33. The quantitative estimate of drug-likeness (QED) is 0.394. The molecular formula is C22H15Cl2NO4. The Hall–Kier alpha value is -2.99. The molecule has 2 aromatic carbocycles. The summed E-state index contributed by atoms with van der Waals surface area (Å²) >= 11 is 12.2. The smallest absolute Gasteiger partial charge is 0.291 e. The number of furan rings is 2. The zero-order valence-electron chi connectivity index (χ0n) is 15.0. The van der Waals surface area contributed by atoms with E-state index in [1.807, 2.05) is 12.1 Å². The van der Waals surface area contributed by atoms with Crippen molar-refractivity contribution in [3.05, 3.63) is 88.3 Å². The second-order valence-corrected chi connectivity index (χ2v) is 7.09. The van der Waals surface area contributed by atoms with E-state index in [9.17, 15) is 4.79 Å². The Labute approximate surface area is 176 Å². The average molecular weight is 428 g/mol. The summed E-state index contributed by atoms with van der Waals surface area (Å²) in [5, 5.41) is 12.9. The molecule has 5 nitrogen and oxygen atoms in total. The molecule has 0 radical (unpaired) electrons. The minimum Gasteiger partial charge on any atom is -0.459 e. The highest BCUT2D eigenvalue weighted by Crippen LogP contribution is 2.32. The molecule has 2 N–H and O–H groups in total. The minimum atomic E-state index is -0.394. The molecule has 0 atom stereocenters. The first kappa shape index (κ1) is 19.3. The van der Waals surface area contributed by atoms with E-state index in [2.05, 4.69) is 5.32 Å². The molecule has 0 spiro atoms. The number of hydrogen-bond donors (Lipinski definition) is 2. The van der Waals surface area contributed by atoms with Crippen LogP contribution in [0.3, 0.4) is 0 Å². The molecule has 4 rings (SSSR count). The summed E-state index contributed by atoms with van der Waals surface area (Å²) in [4.78, 5) is 12.5. The van der Waals surface area contributed by atoms with Crippen molar-refractivity contribution in [2.45, 2.75) is 6.61 Å². The van der Waals surface area contributed by atoms with Crippen molar-refractivity contribution in [1.29, 1.82) is 0 Å². The average Bonchev–Trinajstić information content (AvgIpc) is 3.38. The van der Waals surface area contributed by atoms with E-state index >= 15 is 0 Å². The summed E-state index contributed by atoms with van der Waals surface area (Å²) in [6, 6.07) is 19.0. The van der Waals surface area contributed by atoms with Crippen LogP contribution in [-0.2, 0) is 6.61 Å². The summed E-state index contributed by atoms with van der Waals surface area (Å²) in [5.74, 6) is 1.33. The van der Waals surface area contributed by atoms with Gasteiger partial charge in [0, 0.05) is 21.8 Å². The van der Waals surface area contributed by atoms with Gasteiger partial charge in [-0.1, -0.05) is 23.2 Å². The lowest BCUT2D eigenvalue weighted by Gasteiger charge is -2.07. The van der Waals surface area contributed by atoms with E-state index in [1.165, 1.54) is 0 Å². The second kappa shape index (κ2) is 8.17. The molecule has 4 aromatic rings. The van der Waals surface area contributed by atoms with Crippen LogP contribution in [0.4, 0.5) is 5.69 Å². The molecular weight excluding hydrogens is 413 g/mol. The molecule has 1 amide bonds. The molecule has 0 aliphatic carbocycles. The zero-order valence-corrected chi connectivity index (χ0v) is 16.5. The number of nitrogens with one attached hydrogen (secondary N) is 1. The Morgan fingerprint density at radius 3 is 2.34 bits per heavy atom. The molecule has 0 aliphatic rings. The lowest BCUT2D eigenvalue weighted by Crippen LogP contribution is -2.10. The Kier molecular flexibility index (Phi) is 5.45. The van der Waals surface area contributed by atoms with E-state index in [1.54, 1.807) is 54.6 Å². The Bertz CT molecular complexity index is 1160. The minimum absolute atomic E-state index is 0.175. The van der Waals surface area contributed by atoms with Crippen molar-refractivity contribution in [3.63, 3.8) is 0 Å². The third kappa shape index (κ3) is 4.22. The second-order valence-electron chi connectivity index (χ2n) is 6.24. The van der Waals surface area contributed by atoms with E-state index in [4.69, 9.17) is 37.1 Å². The highest BCUT2D eigenvalue weighted by atomic mass is 35.5. The molecule has 0 fully saturated rings. The van der Waals surface area contributed by atoms with E-state index in [0.717, 1.165) is 5.56 Å². The van der Waals surface area contributed by atoms with Gasteiger partial charge in [-0.05, 0) is 66.7 Å². The van der Waals surface area contributed by atoms with Crippen LogP contribution in [0.15, 0.2) is 75.6 Å². The molecule has 0 unspecified atom stereocenters. The summed E-state index contributed by atoms with van der Waals surface area (Å²) < 4.78 is 11.2. The van der Waals surface area contributed by atoms with Crippen LogP contribution in [0.2, 0.25) is 10.0 Å². The fourth-order valence-corrected chi connectivity index (χ4v) is 3.22. The number of carbonyl (C=O) groups is 1. The maximum absolute atomic E-state index is 12.5. The molecule has 29 heavy (non-hydrogen) atoms. The largest absolute Gasteiger partial charge is 0.459 e. The molecule has 0 saturated carbocycles. The van der Waals surface area contributed by atoms with Gasteiger partial charge in [-0.2, -0.15) is 0 Å². The van der Waals surface area contributed by atoms with Crippen molar-refractivity contribution >= 4 is 34.8 Å². The summed E-state index contributed by atoms with van der Waals surface area (Å²) in [6.07, 6.45) is 0. The van der Waals surface area contributed by atoms with E-state index < -0.39 is 5.91 Å². The number of aliphatic hydroxyl groups excluding tert-OH is 1. The fourth-order valence-electron chi connectivity index (χ4n) is 2.82. The van der Waals surface area contributed by atoms with Crippen LogP contribution >= 0.6 is 23.2 Å². The molecule has 146 valence electrons. The number of hydrogen-bond acceptors (Lipinski definition) is 4. The molecule has 7 heteroatoms. The summed E-state index contributed by atoms with van der Waals surface area (Å²) in [6.45, 7) is -0.188. The first-order valence-electron chi connectivity index (χ1n) is 8.70. The first-order valence-corrected chi connectivity index (χ1v) is 9.46. The normalized spacial score (nSPS) is 10.9. The number of benzene rings is 2. The lowest BCUT2D eigenvalue weighted by atomic mass is 10.1. The van der Waals surface area contributed by atoms with Gasteiger partial charge in [0.2, 0.25) is 0 Å². The number of carbonyl (C=O) groups excluding carboxylic acids is 1. The Balaban J connectivity index is 1.50. The monoisotopic (exact) mass is 427 g/mol. The van der Waals surface area contributed by atoms with Gasteiger partial charge in [0.15, 0.2) is 5.76 Å². The lowest BCUT2D eigenvalue weighted by molar-refractivity contribution is 0.0997. The molecule has 2 aromatic heterocycles. The number of halogens is 2. The van der Waals surface area contributed by atoms with Crippen LogP contribution in [-0.4, -0.2) is 11.0 Å². The van der Waals surface area contributed by atoms with E-state index in [0.29, 0.717) is 38.6 Å².